The molecule has 1 aromatic carbocycles. The van der Waals surface area contributed by atoms with Crippen molar-refractivity contribution in [2.24, 2.45) is 5.92 Å². The van der Waals surface area contributed by atoms with E-state index in [9.17, 15) is 0 Å². The maximum Gasteiger partial charge on any atom is 0.0281 e. The highest BCUT2D eigenvalue weighted by Gasteiger charge is 2.34. The number of hydrogen-bond donors (Lipinski definition) is 1. The van der Waals surface area contributed by atoms with Crippen molar-refractivity contribution in [2.45, 2.75) is 45.8 Å². The Bertz CT molecular complexity index is 370. The maximum atomic E-state index is 3.68. The minimum atomic E-state index is 0.237. The Morgan fingerprint density at radius 3 is 2.56 bits per heavy atom. The molecule has 2 rings (SSSR count). The average Bonchev–Trinajstić information content (AvgIpc) is 2.33. The van der Waals surface area contributed by atoms with Crippen molar-refractivity contribution in [1.29, 1.82) is 0 Å². The van der Waals surface area contributed by atoms with Crippen molar-refractivity contribution < 1.29 is 0 Å². The van der Waals surface area contributed by atoms with Gasteiger partial charge in [-0.2, -0.15) is 0 Å². The summed E-state index contributed by atoms with van der Waals surface area (Å²) in [4.78, 5) is 2.61. The van der Waals surface area contributed by atoms with Crippen LogP contribution in [0.2, 0.25) is 0 Å². The number of rotatable bonds is 3. The van der Waals surface area contributed by atoms with E-state index in [1.54, 1.807) is 0 Å². The molecule has 1 saturated heterocycles. The predicted octanol–water partition coefficient (Wildman–Crippen LogP) is 2.90. The molecule has 1 heterocycles. The zero-order valence-corrected chi connectivity index (χ0v) is 12.1. The van der Waals surface area contributed by atoms with E-state index in [1.165, 1.54) is 5.56 Å². The highest BCUT2D eigenvalue weighted by molar-refractivity contribution is 5.15. The van der Waals surface area contributed by atoms with Gasteiger partial charge in [-0.1, -0.05) is 44.2 Å². The Kier molecular flexibility index (Phi) is 4.08. The number of benzene rings is 1. The molecule has 100 valence electrons. The van der Waals surface area contributed by atoms with Gasteiger partial charge < -0.3 is 5.32 Å². The van der Waals surface area contributed by atoms with Gasteiger partial charge in [-0.25, -0.2) is 0 Å². The number of piperazine rings is 1. The molecule has 0 spiro atoms. The first-order chi connectivity index (χ1) is 8.49. The molecule has 0 aliphatic carbocycles. The second kappa shape index (κ2) is 5.41. The number of nitrogens with zero attached hydrogens (tertiary/aromatic N) is 1. The molecule has 0 amide bonds. The summed E-state index contributed by atoms with van der Waals surface area (Å²) < 4.78 is 0. The van der Waals surface area contributed by atoms with Crippen LogP contribution in [-0.2, 0) is 6.54 Å². The van der Waals surface area contributed by atoms with Crippen LogP contribution in [0.1, 0.15) is 33.3 Å². The summed E-state index contributed by atoms with van der Waals surface area (Å²) in [7, 11) is 0. The molecule has 1 N–H and O–H groups in total. The molecule has 1 atom stereocenters. The van der Waals surface area contributed by atoms with Crippen molar-refractivity contribution in [3.05, 3.63) is 35.9 Å². The lowest BCUT2D eigenvalue weighted by Crippen LogP contribution is -2.62. The van der Waals surface area contributed by atoms with Crippen molar-refractivity contribution in [2.75, 3.05) is 13.1 Å². The van der Waals surface area contributed by atoms with Crippen LogP contribution in [0.4, 0.5) is 0 Å². The lowest BCUT2D eigenvalue weighted by Gasteiger charge is -2.47. The lowest BCUT2D eigenvalue weighted by atomic mass is 9.92. The molecule has 1 aliphatic rings. The van der Waals surface area contributed by atoms with Gasteiger partial charge in [-0.05, 0) is 25.3 Å². The van der Waals surface area contributed by atoms with Crippen LogP contribution in [0, 0.1) is 5.92 Å². The van der Waals surface area contributed by atoms with Gasteiger partial charge in [0, 0.05) is 31.2 Å². The van der Waals surface area contributed by atoms with Crippen molar-refractivity contribution in [1.82, 2.24) is 10.2 Å². The predicted molar refractivity (Wildman–Crippen MR) is 77.6 cm³/mol. The molecule has 2 nitrogen and oxygen atoms in total. The normalized spacial score (nSPS) is 24.4. The van der Waals surface area contributed by atoms with Crippen LogP contribution in [0.25, 0.3) is 0 Å². The molecule has 0 unspecified atom stereocenters. The molecular formula is C16H26N2. The Morgan fingerprint density at radius 2 is 1.94 bits per heavy atom. The van der Waals surface area contributed by atoms with E-state index in [2.05, 4.69) is 68.2 Å². The molecule has 1 fully saturated rings. The standard InChI is InChI=1S/C16H26N2/c1-13(2)15-11-18(16(3,4)12-17-15)10-14-8-6-5-7-9-14/h5-9,13,15,17H,10-12H2,1-4H3/t15-/m0/s1. The third-order valence-electron chi connectivity index (χ3n) is 4.09. The zero-order valence-electron chi connectivity index (χ0n) is 12.1. The van der Waals surface area contributed by atoms with Gasteiger partial charge in [-0.15, -0.1) is 0 Å². The number of nitrogens with one attached hydrogen (secondary N) is 1. The van der Waals surface area contributed by atoms with E-state index in [-0.39, 0.29) is 5.54 Å². The summed E-state index contributed by atoms with van der Waals surface area (Å²) in [5.41, 5.74) is 1.65. The van der Waals surface area contributed by atoms with Crippen LogP contribution >= 0.6 is 0 Å². The quantitative estimate of drug-likeness (QED) is 0.882. The monoisotopic (exact) mass is 246 g/mol. The fourth-order valence-electron chi connectivity index (χ4n) is 2.57. The van der Waals surface area contributed by atoms with E-state index in [1.807, 2.05) is 0 Å². The van der Waals surface area contributed by atoms with Crippen LogP contribution in [-0.4, -0.2) is 29.6 Å². The summed E-state index contributed by atoms with van der Waals surface area (Å²) in [6.07, 6.45) is 0. The SMILES string of the molecule is CC(C)[C@@H]1CN(Cc2ccccc2)C(C)(C)CN1. The smallest absolute Gasteiger partial charge is 0.0281 e. The van der Waals surface area contributed by atoms with Crippen molar-refractivity contribution >= 4 is 0 Å². The maximum absolute atomic E-state index is 3.68. The average molecular weight is 246 g/mol. The third-order valence-corrected chi connectivity index (χ3v) is 4.09. The Morgan fingerprint density at radius 1 is 1.28 bits per heavy atom. The highest BCUT2D eigenvalue weighted by atomic mass is 15.3. The van der Waals surface area contributed by atoms with E-state index in [0.29, 0.717) is 12.0 Å². The fraction of sp³-hybridized carbons (Fsp3) is 0.625. The third kappa shape index (κ3) is 3.12. The summed E-state index contributed by atoms with van der Waals surface area (Å²) >= 11 is 0. The van der Waals surface area contributed by atoms with Gasteiger partial charge in [0.05, 0.1) is 0 Å². The van der Waals surface area contributed by atoms with Gasteiger partial charge in [-0.3, -0.25) is 4.90 Å². The molecule has 18 heavy (non-hydrogen) atoms. The lowest BCUT2D eigenvalue weighted by molar-refractivity contribution is 0.0475. The molecule has 1 aliphatic heterocycles. The van der Waals surface area contributed by atoms with Crippen LogP contribution in [0.3, 0.4) is 0 Å². The van der Waals surface area contributed by atoms with E-state index in [4.69, 9.17) is 0 Å². The summed E-state index contributed by atoms with van der Waals surface area (Å²) in [6.45, 7) is 12.5. The minimum absolute atomic E-state index is 0.237. The highest BCUT2D eigenvalue weighted by Crippen LogP contribution is 2.23. The first-order valence-electron chi connectivity index (χ1n) is 7.01. The van der Waals surface area contributed by atoms with Gasteiger partial charge in [0.2, 0.25) is 0 Å². The molecule has 1 aromatic rings. The second-order valence-electron chi connectivity index (χ2n) is 6.41. The van der Waals surface area contributed by atoms with E-state index < -0.39 is 0 Å². The van der Waals surface area contributed by atoms with Gasteiger partial charge in [0.1, 0.15) is 0 Å². The van der Waals surface area contributed by atoms with Crippen LogP contribution < -0.4 is 5.32 Å². The molecule has 0 saturated carbocycles. The van der Waals surface area contributed by atoms with Crippen molar-refractivity contribution in [3.63, 3.8) is 0 Å². The molecule has 0 aromatic heterocycles. The summed E-state index contributed by atoms with van der Waals surface area (Å²) in [5, 5.41) is 3.68. The molecule has 0 radical (unpaired) electrons. The van der Waals surface area contributed by atoms with Crippen molar-refractivity contribution in [3.8, 4) is 0 Å². The fourth-order valence-corrected chi connectivity index (χ4v) is 2.57. The Balaban J connectivity index is 2.08. The Hall–Kier alpha value is -0.860. The van der Waals surface area contributed by atoms with Crippen LogP contribution in [0.5, 0.6) is 0 Å². The van der Waals surface area contributed by atoms with Gasteiger partial charge >= 0.3 is 0 Å². The first kappa shape index (κ1) is 13.6. The second-order valence-corrected chi connectivity index (χ2v) is 6.41. The topological polar surface area (TPSA) is 15.3 Å². The van der Waals surface area contributed by atoms with Gasteiger partial charge in [0.25, 0.3) is 0 Å². The number of hydrogen-bond acceptors (Lipinski definition) is 2. The molecule has 2 heteroatoms. The Labute approximate surface area is 111 Å². The summed E-state index contributed by atoms with van der Waals surface area (Å²) in [5.74, 6) is 0.694. The first-order valence-corrected chi connectivity index (χ1v) is 7.01. The largest absolute Gasteiger partial charge is 0.311 e. The van der Waals surface area contributed by atoms with Crippen LogP contribution in [0.15, 0.2) is 30.3 Å². The molecular weight excluding hydrogens is 220 g/mol. The molecule has 0 bridgehead atoms. The minimum Gasteiger partial charge on any atom is -0.311 e. The van der Waals surface area contributed by atoms with E-state index >= 15 is 0 Å². The van der Waals surface area contributed by atoms with E-state index in [0.717, 1.165) is 19.6 Å². The summed E-state index contributed by atoms with van der Waals surface area (Å²) in [6, 6.07) is 11.4. The zero-order chi connectivity index (χ0) is 13.2. The van der Waals surface area contributed by atoms with Gasteiger partial charge in [0.15, 0.2) is 0 Å².